The topological polar surface area (TPSA) is 119 Å². The van der Waals surface area contributed by atoms with E-state index in [9.17, 15) is 19.2 Å². The van der Waals surface area contributed by atoms with Crippen molar-refractivity contribution < 1.29 is 38.5 Å². The lowest BCUT2D eigenvalue weighted by Crippen LogP contribution is -2.76. The summed E-state index contributed by atoms with van der Waals surface area (Å²) >= 11 is 1.31. The van der Waals surface area contributed by atoms with Gasteiger partial charge < -0.3 is 24.2 Å². The summed E-state index contributed by atoms with van der Waals surface area (Å²) < 4.78 is 15.8. The monoisotopic (exact) mass is 401 g/mol. The maximum atomic E-state index is 12.9. The molecule has 2 aliphatic heterocycles. The smallest absolute Gasteiger partial charge is 0.340 e. The molecule has 2 aliphatic rings. The van der Waals surface area contributed by atoms with Crippen LogP contribution in [0.4, 0.5) is 0 Å². The average Bonchev–Trinajstić information content (AvgIpc) is 2.56. The Morgan fingerprint density at radius 1 is 1.30 bits per heavy atom. The van der Waals surface area contributed by atoms with E-state index in [-0.39, 0.29) is 12.8 Å². The van der Waals surface area contributed by atoms with E-state index in [2.05, 4.69) is 0 Å². The third-order valence-electron chi connectivity index (χ3n) is 3.99. The van der Waals surface area contributed by atoms with E-state index < -0.39 is 53.0 Å². The van der Waals surface area contributed by atoms with Crippen molar-refractivity contribution in [3.63, 3.8) is 0 Å². The van der Waals surface area contributed by atoms with Crippen molar-refractivity contribution >= 4 is 35.6 Å². The number of aliphatic carboxylic acids is 1. The molecule has 0 saturated carbocycles. The summed E-state index contributed by atoms with van der Waals surface area (Å²) in [6.45, 7) is 4.60. The lowest BCUT2D eigenvalue weighted by molar-refractivity contribution is -0.193. The molecule has 1 saturated heterocycles. The second-order valence-corrected chi connectivity index (χ2v) is 8.20. The van der Waals surface area contributed by atoms with Crippen LogP contribution >= 0.6 is 11.8 Å². The van der Waals surface area contributed by atoms with E-state index in [1.54, 1.807) is 26.2 Å². The first kappa shape index (κ1) is 21.2. The molecule has 0 aliphatic carbocycles. The molecule has 2 heterocycles. The fourth-order valence-corrected chi connectivity index (χ4v) is 3.95. The number of fused-ring (bicyclic) bond motifs is 1. The summed E-state index contributed by atoms with van der Waals surface area (Å²) in [5.41, 5.74) is -2.44. The van der Waals surface area contributed by atoms with Gasteiger partial charge >= 0.3 is 17.9 Å². The number of nitrogens with zero attached hydrogens (tertiary/aromatic N) is 1. The molecule has 3 atom stereocenters. The number of β-lactam (4-membered cyclic amide) rings is 1. The number of rotatable bonds is 7. The van der Waals surface area contributed by atoms with Gasteiger partial charge in [-0.15, -0.1) is 11.8 Å². The Bertz CT molecular complexity index is 670. The van der Waals surface area contributed by atoms with Crippen molar-refractivity contribution in [3.05, 3.63) is 11.5 Å². The zero-order valence-corrected chi connectivity index (χ0v) is 16.4. The van der Waals surface area contributed by atoms with Crippen LogP contribution in [0, 0.1) is 0 Å². The number of thioether (sulfide) groups is 1. The number of methoxy groups -OCH3 is 1. The second-order valence-electron chi connectivity index (χ2n) is 7.17. The van der Waals surface area contributed by atoms with Crippen LogP contribution in [0.15, 0.2) is 11.5 Å². The van der Waals surface area contributed by atoms with Crippen LogP contribution < -0.4 is 0 Å². The number of ether oxygens (including phenoxy) is 3. The van der Waals surface area contributed by atoms with Crippen LogP contribution in [-0.2, 0) is 33.4 Å². The summed E-state index contributed by atoms with van der Waals surface area (Å²) in [4.78, 5) is 49.2. The predicted molar refractivity (Wildman–Crippen MR) is 94.6 cm³/mol. The van der Waals surface area contributed by atoms with Gasteiger partial charge in [-0.05, 0) is 32.3 Å². The van der Waals surface area contributed by atoms with Gasteiger partial charge in [0.05, 0.1) is 12.8 Å². The Morgan fingerprint density at radius 3 is 2.52 bits per heavy atom. The van der Waals surface area contributed by atoms with E-state index >= 15 is 0 Å². The number of carboxylic acids is 1. The van der Waals surface area contributed by atoms with Gasteiger partial charge in [-0.3, -0.25) is 14.4 Å². The average molecular weight is 401 g/mol. The van der Waals surface area contributed by atoms with E-state index in [0.717, 1.165) is 0 Å². The van der Waals surface area contributed by atoms with Gasteiger partial charge in [0.15, 0.2) is 11.6 Å². The molecule has 27 heavy (non-hydrogen) atoms. The zero-order chi connectivity index (χ0) is 20.4. The first-order chi connectivity index (χ1) is 12.5. The third kappa shape index (κ3) is 4.44. The maximum absolute atomic E-state index is 12.9. The van der Waals surface area contributed by atoms with E-state index in [4.69, 9.17) is 19.3 Å². The molecule has 1 fully saturated rings. The Morgan fingerprint density at radius 2 is 1.96 bits per heavy atom. The Kier molecular flexibility index (Phi) is 6.21. The standard InChI is InChI=1S/C17H23NO8S/c1-16(2,3)26-15(23)17(9-25-11(21)6-5-10(19)20)7-8-27-14-12(24-4)13(22)18(14)17/h7-8,12,14H,5-6,9H2,1-4H3,(H,19,20)/t12-,14?,17?/m1/s1. The minimum absolute atomic E-state index is 0.337. The van der Waals surface area contributed by atoms with Crippen molar-refractivity contribution in [1.29, 1.82) is 0 Å². The molecular formula is C17H23NO8S. The molecule has 0 aromatic heterocycles. The predicted octanol–water partition coefficient (Wildman–Crippen LogP) is 0.919. The van der Waals surface area contributed by atoms with Gasteiger partial charge in [0, 0.05) is 7.11 Å². The normalized spacial score (nSPS) is 26.8. The molecule has 2 unspecified atom stereocenters. The van der Waals surface area contributed by atoms with Crippen LogP contribution in [0.2, 0.25) is 0 Å². The van der Waals surface area contributed by atoms with Crippen LogP contribution in [0.5, 0.6) is 0 Å². The molecule has 2 rings (SSSR count). The van der Waals surface area contributed by atoms with Gasteiger partial charge in [-0.25, -0.2) is 4.79 Å². The molecule has 0 aromatic carbocycles. The minimum Gasteiger partial charge on any atom is -0.481 e. The largest absolute Gasteiger partial charge is 0.481 e. The molecule has 1 amide bonds. The van der Waals surface area contributed by atoms with E-state index in [1.165, 1.54) is 29.8 Å². The van der Waals surface area contributed by atoms with Crippen molar-refractivity contribution in [2.75, 3.05) is 13.7 Å². The number of carbonyl (C=O) groups is 4. The molecular weight excluding hydrogens is 378 g/mol. The number of esters is 2. The summed E-state index contributed by atoms with van der Waals surface area (Å²) in [7, 11) is 1.40. The Balaban J connectivity index is 2.24. The third-order valence-corrected chi connectivity index (χ3v) is 5.02. The minimum atomic E-state index is -1.62. The number of carbonyl (C=O) groups excluding carboxylic acids is 3. The Hall–Kier alpha value is -2.07. The van der Waals surface area contributed by atoms with E-state index in [0.29, 0.717) is 0 Å². The summed E-state index contributed by atoms with van der Waals surface area (Å²) in [6.07, 6.45) is 0.0396. The highest BCUT2D eigenvalue weighted by molar-refractivity contribution is 8.02. The first-order valence-electron chi connectivity index (χ1n) is 8.32. The SMILES string of the molecule is CO[C@@H]1C(=O)N2C1SC=CC2(COC(=O)CCC(=O)O)C(=O)OC(C)(C)C. The Labute approximate surface area is 161 Å². The summed E-state index contributed by atoms with van der Waals surface area (Å²) in [6, 6.07) is 0. The molecule has 0 aromatic rings. The lowest BCUT2D eigenvalue weighted by Gasteiger charge is -2.54. The van der Waals surface area contributed by atoms with Gasteiger partial charge in [0.1, 0.15) is 17.6 Å². The molecule has 9 nitrogen and oxygen atoms in total. The van der Waals surface area contributed by atoms with Gasteiger partial charge in [-0.1, -0.05) is 0 Å². The number of amides is 1. The van der Waals surface area contributed by atoms with Gasteiger partial charge in [-0.2, -0.15) is 0 Å². The van der Waals surface area contributed by atoms with Crippen LogP contribution in [0.25, 0.3) is 0 Å². The maximum Gasteiger partial charge on any atom is 0.340 e. The van der Waals surface area contributed by atoms with Crippen LogP contribution in [0.3, 0.4) is 0 Å². The highest BCUT2D eigenvalue weighted by Crippen LogP contribution is 2.44. The quantitative estimate of drug-likeness (QED) is 0.490. The van der Waals surface area contributed by atoms with Crippen LogP contribution in [-0.4, -0.2) is 70.2 Å². The van der Waals surface area contributed by atoms with E-state index in [1.807, 2.05) is 0 Å². The lowest BCUT2D eigenvalue weighted by atomic mass is 9.91. The molecule has 150 valence electrons. The first-order valence-corrected chi connectivity index (χ1v) is 9.26. The fourth-order valence-electron chi connectivity index (χ4n) is 2.70. The number of carboxylic acid groups (broad SMARTS) is 1. The van der Waals surface area contributed by atoms with Gasteiger partial charge in [0.25, 0.3) is 5.91 Å². The molecule has 1 N–H and O–H groups in total. The van der Waals surface area contributed by atoms with Crippen molar-refractivity contribution in [3.8, 4) is 0 Å². The molecule has 0 bridgehead atoms. The number of hydrogen-bond donors (Lipinski definition) is 1. The molecule has 10 heteroatoms. The summed E-state index contributed by atoms with van der Waals surface area (Å²) in [5, 5.41) is 9.86. The second kappa shape index (κ2) is 7.89. The van der Waals surface area contributed by atoms with Crippen molar-refractivity contribution in [1.82, 2.24) is 4.90 Å². The fraction of sp³-hybridized carbons (Fsp3) is 0.647. The molecule has 0 spiro atoms. The van der Waals surface area contributed by atoms with Gasteiger partial charge in [0.2, 0.25) is 0 Å². The summed E-state index contributed by atoms with van der Waals surface area (Å²) in [5.74, 6) is -3.05. The molecule has 0 radical (unpaired) electrons. The van der Waals surface area contributed by atoms with Crippen molar-refractivity contribution in [2.24, 2.45) is 0 Å². The zero-order valence-electron chi connectivity index (χ0n) is 15.6. The highest BCUT2D eigenvalue weighted by atomic mass is 32.2. The highest BCUT2D eigenvalue weighted by Gasteiger charge is 2.62. The van der Waals surface area contributed by atoms with Crippen molar-refractivity contribution in [2.45, 2.75) is 56.2 Å². The number of hydrogen-bond acceptors (Lipinski definition) is 8. The van der Waals surface area contributed by atoms with Crippen LogP contribution in [0.1, 0.15) is 33.6 Å².